The van der Waals surface area contributed by atoms with Gasteiger partial charge in [0.25, 0.3) is 0 Å². The Morgan fingerprint density at radius 1 is 1.20 bits per heavy atom. The van der Waals surface area contributed by atoms with E-state index in [1.165, 1.54) is 0 Å². The van der Waals surface area contributed by atoms with Crippen molar-refractivity contribution in [2.45, 2.75) is 31.0 Å². The summed E-state index contributed by atoms with van der Waals surface area (Å²) < 4.78 is 39.2. The summed E-state index contributed by atoms with van der Waals surface area (Å²) in [4.78, 5) is -0.391. The van der Waals surface area contributed by atoms with E-state index in [4.69, 9.17) is 0 Å². The Morgan fingerprint density at radius 2 is 1.73 bits per heavy atom. The number of unbranched alkanes of at least 4 members (excludes halogenated alkanes) is 1. The van der Waals surface area contributed by atoms with Crippen LogP contribution in [0.25, 0.3) is 0 Å². The highest BCUT2D eigenvalue weighted by Gasteiger charge is 2.18. The Kier molecular flexibility index (Phi) is 4.64. The maximum atomic E-state index is 13.3. The number of hydrogen-bond acceptors (Lipinski definition) is 0. The first-order valence-electron chi connectivity index (χ1n) is 4.84. The Bertz CT molecular complexity index is 316. The topological polar surface area (TPSA) is 0 Å². The summed E-state index contributed by atoms with van der Waals surface area (Å²) in [6.07, 6.45) is 2.45. The fraction of sp³-hybridized carbons (Fsp3) is 0.455. The maximum Gasteiger partial charge on any atom is 0.133 e. The average molecular weight is 281 g/mol. The lowest BCUT2D eigenvalue weighted by molar-refractivity contribution is 0.516. The monoisotopic (exact) mass is 280 g/mol. The van der Waals surface area contributed by atoms with Gasteiger partial charge in [0.15, 0.2) is 0 Å². The van der Waals surface area contributed by atoms with Gasteiger partial charge in [-0.1, -0.05) is 35.7 Å². The van der Waals surface area contributed by atoms with Crippen LogP contribution >= 0.6 is 15.9 Å². The highest BCUT2D eigenvalue weighted by molar-refractivity contribution is 9.09. The van der Waals surface area contributed by atoms with E-state index in [1.54, 1.807) is 0 Å². The molecule has 0 nitrogen and oxygen atoms in total. The van der Waals surface area contributed by atoms with E-state index >= 15 is 0 Å². The minimum atomic E-state index is -0.885. The molecule has 0 aliphatic heterocycles. The molecule has 0 fully saturated rings. The predicted octanol–water partition coefficient (Wildman–Crippen LogP) is 4.73. The van der Waals surface area contributed by atoms with Gasteiger partial charge >= 0.3 is 0 Å². The number of rotatable bonds is 4. The zero-order chi connectivity index (χ0) is 11.4. The van der Waals surface area contributed by atoms with E-state index in [0.29, 0.717) is 18.6 Å². The summed E-state index contributed by atoms with van der Waals surface area (Å²) in [6.45, 7) is 2.00. The molecular formula is C11H12BrF3. The lowest BCUT2D eigenvalue weighted by atomic mass is 10.1. The zero-order valence-electron chi connectivity index (χ0n) is 8.37. The van der Waals surface area contributed by atoms with Crippen LogP contribution in [0.1, 0.15) is 36.6 Å². The minimum Gasteiger partial charge on any atom is -0.207 e. The van der Waals surface area contributed by atoms with Gasteiger partial charge in [0.05, 0.1) is 0 Å². The number of alkyl halides is 1. The van der Waals surface area contributed by atoms with Crippen LogP contribution in [0.3, 0.4) is 0 Å². The van der Waals surface area contributed by atoms with E-state index in [0.717, 1.165) is 12.8 Å². The largest absolute Gasteiger partial charge is 0.207 e. The molecule has 0 N–H and O–H groups in total. The molecule has 0 saturated heterocycles. The highest BCUT2D eigenvalue weighted by Crippen LogP contribution is 2.32. The first kappa shape index (κ1) is 12.6. The number of benzene rings is 1. The molecular weight excluding hydrogens is 269 g/mol. The standard InChI is InChI=1S/C11H12BrF3/c1-2-3-4-8(12)11-9(14)5-7(13)6-10(11)15/h5-6,8H,2-4H2,1H3. The summed E-state index contributed by atoms with van der Waals surface area (Å²) in [7, 11) is 0. The van der Waals surface area contributed by atoms with Gasteiger partial charge in [-0.05, 0) is 6.42 Å². The van der Waals surface area contributed by atoms with Crippen molar-refractivity contribution in [1.29, 1.82) is 0 Å². The fourth-order valence-corrected chi connectivity index (χ4v) is 2.14. The summed E-state index contributed by atoms with van der Waals surface area (Å²) in [5.41, 5.74) is -0.0788. The van der Waals surface area contributed by atoms with Crippen molar-refractivity contribution in [3.8, 4) is 0 Å². The van der Waals surface area contributed by atoms with Crippen LogP contribution in [0.4, 0.5) is 13.2 Å². The number of halogens is 4. The number of hydrogen-bond donors (Lipinski definition) is 0. The van der Waals surface area contributed by atoms with E-state index in [1.807, 2.05) is 6.92 Å². The Morgan fingerprint density at radius 3 is 2.20 bits per heavy atom. The fourth-order valence-electron chi connectivity index (χ4n) is 1.38. The Hall–Kier alpha value is -0.510. The Labute approximate surface area is 95.6 Å². The molecule has 0 amide bonds. The molecule has 4 heteroatoms. The smallest absolute Gasteiger partial charge is 0.133 e. The predicted molar refractivity (Wildman–Crippen MR) is 57.5 cm³/mol. The summed E-state index contributed by atoms with van der Waals surface area (Å²) >= 11 is 3.21. The molecule has 0 saturated carbocycles. The van der Waals surface area contributed by atoms with Crippen LogP contribution in [-0.4, -0.2) is 0 Å². The molecule has 15 heavy (non-hydrogen) atoms. The first-order valence-corrected chi connectivity index (χ1v) is 5.76. The van der Waals surface area contributed by atoms with Crippen molar-refractivity contribution >= 4 is 15.9 Å². The highest BCUT2D eigenvalue weighted by atomic mass is 79.9. The van der Waals surface area contributed by atoms with E-state index in [-0.39, 0.29) is 5.56 Å². The van der Waals surface area contributed by atoms with Crippen LogP contribution in [0, 0.1) is 17.5 Å². The minimum absolute atomic E-state index is 0.0788. The van der Waals surface area contributed by atoms with E-state index < -0.39 is 22.3 Å². The van der Waals surface area contributed by atoms with Crippen LogP contribution < -0.4 is 0 Å². The van der Waals surface area contributed by atoms with Crippen molar-refractivity contribution in [2.24, 2.45) is 0 Å². The van der Waals surface area contributed by atoms with Crippen LogP contribution in [-0.2, 0) is 0 Å². The second kappa shape index (κ2) is 5.54. The molecule has 1 aromatic rings. The molecule has 1 rings (SSSR count). The van der Waals surface area contributed by atoms with Gasteiger partial charge in [0.1, 0.15) is 17.5 Å². The molecule has 1 unspecified atom stereocenters. The van der Waals surface area contributed by atoms with Crippen LogP contribution in [0.15, 0.2) is 12.1 Å². The van der Waals surface area contributed by atoms with Crippen LogP contribution in [0.2, 0.25) is 0 Å². The van der Waals surface area contributed by atoms with Crippen LogP contribution in [0.5, 0.6) is 0 Å². The van der Waals surface area contributed by atoms with E-state index in [9.17, 15) is 13.2 Å². The third-order valence-electron chi connectivity index (χ3n) is 2.17. The third kappa shape index (κ3) is 3.23. The molecule has 0 aliphatic rings. The molecule has 1 atom stereocenters. The van der Waals surface area contributed by atoms with E-state index in [2.05, 4.69) is 15.9 Å². The normalized spacial score (nSPS) is 12.9. The molecule has 0 spiro atoms. The molecule has 84 valence electrons. The lowest BCUT2D eigenvalue weighted by Crippen LogP contribution is -2.00. The Balaban J connectivity index is 2.92. The van der Waals surface area contributed by atoms with Gasteiger partial charge in [-0.2, -0.15) is 0 Å². The van der Waals surface area contributed by atoms with Crippen molar-refractivity contribution in [1.82, 2.24) is 0 Å². The first-order chi connectivity index (χ1) is 7.06. The second-order valence-corrected chi connectivity index (χ2v) is 4.50. The van der Waals surface area contributed by atoms with Crippen molar-refractivity contribution in [3.05, 3.63) is 35.1 Å². The average Bonchev–Trinajstić information content (AvgIpc) is 2.12. The van der Waals surface area contributed by atoms with Gasteiger partial charge in [0, 0.05) is 22.5 Å². The molecule has 1 aromatic carbocycles. The summed E-state index contributed by atoms with van der Waals surface area (Å²) in [6, 6.07) is 1.41. The SMILES string of the molecule is CCCCC(Br)c1c(F)cc(F)cc1F. The molecule has 0 aromatic heterocycles. The van der Waals surface area contributed by atoms with Gasteiger partial charge in [-0.15, -0.1) is 0 Å². The molecule has 0 aliphatic carbocycles. The molecule has 0 heterocycles. The lowest BCUT2D eigenvalue weighted by Gasteiger charge is -2.11. The van der Waals surface area contributed by atoms with Gasteiger partial charge in [0.2, 0.25) is 0 Å². The summed E-state index contributed by atoms with van der Waals surface area (Å²) in [5, 5.41) is 0. The maximum absolute atomic E-state index is 13.3. The van der Waals surface area contributed by atoms with Gasteiger partial charge in [-0.25, -0.2) is 13.2 Å². The third-order valence-corrected chi connectivity index (χ3v) is 3.08. The summed E-state index contributed by atoms with van der Waals surface area (Å²) in [5.74, 6) is -2.54. The van der Waals surface area contributed by atoms with Crippen molar-refractivity contribution in [2.75, 3.05) is 0 Å². The molecule has 0 radical (unpaired) electrons. The van der Waals surface area contributed by atoms with Gasteiger partial charge < -0.3 is 0 Å². The molecule has 0 bridgehead atoms. The van der Waals surface area contributed by atoms with Crippen molar-refractivity contribution in [3.63, 3.8) is 0 Å². The second-order valence-electron chi connectivity index (χ2n) is 3.39. The van der Waals surface area contributed by atoms with Gasteiger partial charge in [-0.3, -0.25) is 0 Å². The quantitative estimate of drug-likeness (QED) is 0.700. The van der Waals surface area contributed by atoms with Crippen molar-refractivity contribution < 1.29 is 13.2 Å². The zero-order valence-corrected chi connectivity index (χ0v) is 9.95.